The summed E-state index contributed by atoms with van der Waals surface area (Å²) in [6, 6.07) is 6.24. The van der Waals surface area contributed by atoms with Crippen molar-refractivity contribution in [2.24, 2.45) is 5.92 Å². The summed E-state index contributed by atoms with van der Waals surface area (Å²) in [6.45, 7) is 6.75. The molecule has 0 bridgehead atoms. The van der Waals surface area contributed by atoms with E-state index in [0.29, 0.717) is 6.54 Å². The lowest BCUT2D eigenvalue weighted by Crippen LogP contribution is -2.33. The zero-order valence-corrected chi connectivity index (χ0v) is 10.5. The number of benzene rings is 1. The Labute approximate surface area is 102 Å². The van der Waals surface area contributed by atoms with Crippen LogP contribution in [0, 0.1) is 19.8 Å². The minimum Gasteiger partial charge on any atom is -0.326 e. The van der Waals surface area contributed by atoms with Crippen LogP contribution in [0.5, 0.6) is 0 Å². The fraction of sp³-hybridized carbons (Fsp3) is 0.462. The highest BCUT2D eigenvalue weighted by Crippen LogP contribution is 2.16. The molecule has 0 saturated carbocycles. The summed E-state index contributed by atoms with van der Waals surface area (Å²) in [5.41, 5.74) is 9.26. The summed E-state index contributed by atoms with van der Waals surface area (Å²) in [4.78, 5) is 12.1. The zero-order chi connectivity index (χ0) is 12.4. The number of hydrogen-bond donors (Lipinski definition) is 3. The normalized spacial score (nSPS) is 23.7. The average molecular weight is 233 g/mol. The minimum atomic E-state index is -0.0178. The van der Waals surface area contributed by atoms with Gasteiger partial charge in [-0.1, -0.05) is 6.07 Å². The highest BCUT2D eigenvalue weighted by molar-refractivity contribution is 5.93. The second-order valence-electron chi connectivity index (χ2n) is 4.79. The number of anilines is 1. The minimum absolute atomic E-state index is 0.0178. The van der Waals surface area contributed by atoms with E-state index in [2.05, 4.69) is 22.2 Å². The number of amides is 1. The van der Waals surface area contributed by atoms with Gasteiger partial charge in [-0.25, -0.2) is 0 Å². The Morgan fingerprint density at radius 1 is 1.29 bits per heavy atom. The van der Waals surface area contributed by atoms with Crippen LogP contribution in [0.4, 0.5) is 5.69 Å². The van der Waals surface area contributed by atoms with Crippen LogP contribution in [0.3, 0.4) is 0 Å². The Bertz CT molecular complexity index is 410. The molecule has 4 nitrogen and oxygen atoms in total. The molecule has 0 spiro atoms. The van der Waals surface area contributed by atoms with Crippen molar-refractivity contribution in [1.29, 1.82) is 0 Å². The van der Waals surface area contributed by atoms with Crippen LogP contribution in [0.25, 0.3) is 0 Å². The molecule has 0 aromatic heterocycles. The number of hydrazine groups is 1. The topological polar surface area (TPSA) is 53.2 Å². The SMILES string of the molecule is Cc1cc(C)cc(NC(=O)C2CNNC2C)c1. The molecule has 1 aromatic rings. The number of carbonyl (C=O) groups is 1. The van der Waals surface area contributed by atoms with E-state index >= 15 is 0 Å². The molecular formula is C13H19N3O. The van der Waals surface area contributed by atoms with E-state index in [0.717, 1.165) is 16.8 Å². The highest BCUT2D eigenvalue weighted by Gasteiger charge is 2.29. The molecular weight excluding hydrogens is 214 g/mol. The van der Waals surface area contributed by atoms with Gasteiger partial charge in [0.25, 0.3) is 0 Å². The maximum Gasteiger partial charge on any atom is 0.230 e. The molecule has 1 saturated heterocycles. The first kappa shape index (κ1) is 12.1. The van der Waals surface area contributed by atoms with E-state index in [9.17, 15) is 4.79 Å². The third-order valence-corrected chi connectivity index (χ3v) is 3.08. The molecule has 1 fully saturated rings. The lowest BCUT2D eigenvalue weighted by Gasteiger charge is -2.14. The van der Waals surface area contributed by atoms with Crippen LogP contribution in [0.15, 0.2) is 18.2 Å². The number of hydrogen-bond acceptors (Lipinski definition) is 3. The van der Waals surface area contributed by atoms with Crippen molar-refractivity contribution >= 4 is 11.6 Å². The van der Waals surface area contributed by atoms with Gasteiger partial charge in [0, 0.05) is 18.3 Å². The van der Waals surface area contributed by atoms with Crippen LogP contribution in [0.2, 0.25) is 0 Å². The zero-order valence-electron chi connectivity index (χ0n) is 10.5. The van der Waals surface area contributed by atoms with Crippen LogP contribution < -0.4 is 16.2 Å². The molecule has 1 amide bonds. The average Bonchev–Trinajstić information content (AvgIpc) is 2.62. The predicted octanol–water partition coefficient (Wildman–Crippen LogP) is 1.35. The van der Waals surface area contributed by atoms with Crippen molar-refractivity contribution in [3.63, 3.8) is 0 Å². The Hall–Kier alpha value is -1.39. The Balaban J connectivity index is 2.07. The van der Waals surface area contributed by atoms with Crippen molar-refractivity contribution in [1.82, 2.24) is 10.9 Å². The van der Waals surface area contributed by atoms with E-state index in [1.165, 1.54) is 0 Å². The Kier molecular flexibility index (Phi) is 3.45. The molecule has 2 unspecified atom stereocenters. The third kappa shape index (κ3) is 2.84. The summed E-state index contributed by atoms with van der Waals surface area (Å²) in [5, 5.41) is 2.98. The second-order valence-corrected chi connectivity index (χ2v) is 4.79. The van der Waals surface area contributed by atoms with Gasteiger partial charge >= 0.3 is 0 Å². The van der Waals surface area contributed by atoms with Gasteiger partial charge in [0.1, 0.15) is 0 Å². The molecule has 3 N–H and O–H groups in total. The molecule has 92 valence electrons. The lowest BCUT2D eigenvalue weighted by molar-refractivity contribution is -0.119. The molecule has 2 rings (SSSR count). The second kappa shape index (κ2) is 4.85. The molecule has 1 aliphatic heterocycles. The van der Waals surface area contributed by atoms with E-state index < -0.39 is 0 Å². The van der Waals surface area contributed by atoms with Crippen molar-refractivity contribution in [2.75, 3.05) is 11.9 Å². The van der Waals surface area contributed by atoms with Crippen LogP contribution in [-0.2, 0) is 4.79 Å². The number of aryl methyl sites for hydroxylation is 2. The van der Waals surface area contributed by atoms with Crippen LogP contribution >= 0.6 is 0 Å². The van der Waals surface area contributed by atoms with Gasteiger partial charge in [0.15, 0.2) is 0 Å². The molecule has 17 heavy (non-hydrogen) atoms. The maximum absolute atomic E-state index is 12.1. The predicted molar refractivity (Wildman–Crippen MR) is 68.6 cm³/mol. The fourth-order valence-corrected chi connectivity index (χ4v) is 2.21. The van der Waals surface area contributed by atoms with Gasteiger partial charge in [-0.05, 0) is 44.0 Å². The first-order chi connectivity index (χ1) is 8.06. The standard InChI is InChI=1S/C13H19N3O/c1-8-4-9(2)6-11(5-8)15-13(17)12-7-14-16-10(12)3/h4-6,10,12,14,16H,7H2,1-3H3,(H,15,17). The number of nitrogens with one attached hydrogen (secondary N) is 3. The van der Waals surface area contributed by atoms with E-state index in [4.69, 9.17) is 0 Å². The van der Waals surface area contributed by atoms with Gasteiger partial charge in [-0.3, -0.25) is 15.6 Å². The molecule has 1 aromatic carbocycles. The Morgan fingerprint density at radius 2 is 1.94 bits per heavy atom. The van der Waals surface area contributed by atoms with Crippen molar-refractivity contribution in [3.8, 4) is 0 Å². The van der Waals surface area contributed by atoms with Gasteiger partial charge in [-0.15, -0.1) is 0 Å². The molecule has 4 heteroatoms. The summed E-state index contributed by atoms with van der Waals surface area (Å²) >= 11 is 0. The molecule has 0 radical (unpaired) electrons. The number of carbonyl (C=O) groups excluding carboxylic acids is 1. The van der Waals surface area contributed by atoms with Gasteiger partial charge in [0.05, 0.1) is 5.92 Å². The van der Waals surface area contributed by atoms with E-state index in [1.54, 1.807) is 0 Å². The first-order valence-corrected chi connectivity index (χ1v) is 5.94. The monoisotopic (exact) mass is 233 g/mol. The summed E-state index contributed by atoms with van der Waals surface area (Å²) < 4.78 is 0. The summed E-state index contributed by atoms with van der Waals surface area (Å²) in [5.74, 6) is 0.0517. The quantitative estimate of drug-likeness (QED) is 0.723. The summed E-state index contributed by atoms with van der Waals surface area (Å²) in [6.07, 6.45) is 0. The maximum atomic E-state index is 12.1. The largest absolute Gasteiger partial charge is 0.326 e. The van der Waals surface area contributed by atoms with Crippen molar-refractivity contribution in [2.45, 2.75) is 26.8 Å². The molecule has 2 atom stereocenters. The van der Waals surface area contributed by atoms with Crippen molar-refractivity contribution < 1.29 is 4.79 Å². The van der Waals surface area contributed by atoms with E-state index in [1.807, 2.05) is 32.9 Å². The lowest BCUT2D eigenvalue weighted by atomic mass is 10.0. The highest BCUT2D eigenvalue weighted by atomic mass is 16.2. The number of rotatable bonds is 2. The van der Waals surface area contributed by atoms with Crippen LogP contribution in [-0.4, -0.2) is 18.5 Å². The van der Waals surface area contributed by atoms with Gasteiger partial charge in [-0.2, -0.15) is 0 Å². The van der Waals surface area contributed by atoms with E-state index in [-0.39, 0.29) is 17.9 Å². The first-order valence-electron chi connectivity index (χ1n) is 5.94. The molecule has 1 heterocycles. The van der Waals surface area contributed by atoms with Crippen LogP contribution in [0.1, 0.15) is 18.1 Å². The molecule has 1 aliphatic rings. The Morgan fingerprint density at radius 3 is 2.47 bits per heavy atom. The third-order valence-electron chi connectivity index (χ3n) is 3.08. The molecule has 0 aliphatic carbocycles. The summed E-state index contributed by atoms with van der Waals surface area (Å²) in [7, 11) is 0. The van der Waals surface area contributed by atoms with Crippen molar-refractivity contribution in [3.05, 3.63) is 29.3 Å². The van der Waals surface area contributed by atoms with Gasteiger partial charge < -0.3 is 5.32 Å². The smallest absolute Gasteiger partial charge is 0.230 e. The van der Waals surface area contributed by atoms with Gasteiger partial charge in [0.2, 0.25) is 5.91 Å². The fourth-order valence-electron chi connectivity index (χ4n) is 2.21.